The molecule has 1 aliphatic rings. The fourth-order valence-corrected chi connectivity index (χ4v) is 2.25. The number of phenols is 2. The van der Waals surface area contributed by atoms with E-state index in [0.717, 1.165) is 36.9 Å². The summed E-state index contributed by atoms with van der Waals surface area (Å²) in [6.45, 7) is 4.49. The molecule has 1 atom stereocenters. The number of halogens is 1. The van der Waals surface area contributed by atoms with Crippen LogP contribution in [0.4, 0.5) is 0 Å². The Balaban J connectivity index is 0.00000144. The fraction of sp³-hybridized carbons (Fsp3) is 0.385. The molecule has 0 aliphatic heterocycles. The Hall–Kier alpha value is -1.19. The Labute approximate surface area is 108 Å². The van der Waals surface area contributed by atoms with Crippen molar-refractivity contribution in [2.75, 3.05) is 6.54 Å². The minimum atomic E-state index is -0.0174. The first-order valence-corrected chi connectivity index (χ1v) is 5.59. The minimum absolute atomic E-state index is 0. The molecule has 2 rings (SSSR count). The van der Waals surface area contributed by atoms with Crippen molar-refractivity contribution >= 4 is 12.4 Å². The first-order valence-electron chi connectivity index (χ1n) is 5.59. The van der Waals surface area contributed by atoms with Crippen LogP contribution in [0.5, 0.6) is 11.5 Å². The van der Waals surface area contributed by atoms with E-state index in [1.807, 2.05) is 12.1 Å². The lowest BCUT2D eigenvalue weighted by Gasteiger charge is -2.26. The van der Waals surface area contributed by atoms with Gasteiger partial charge in [0.2, 0.25) is 0 Å². The van der Waals surface area contributed by atoms with Gasteiger partial charge in [-0.25, -0.2) is 0 Å². The molecule has 3 nitrogen and oxygen atoms in total. The van der Waals surface area contributed by atoms with Crippen LogP contribution >= 0.6 is 12.4 Å². The predicted octanol–water partition coefficient (Wildman–Crippen LogP) is 2.15. The summed E-state index contributed by atoms with van der Waals surface area (Å²) >= 11 is 0. The summed E-state index contributed by atoms with van der Waals surface area (Å²) < 4.78 is 0. The second-order valence-corrected chi connectivity index (χ2v) is 4.21. The van der Waals surface area contributed by atoms with Crippen LogP contribution in [0, 0.1) is 0 Å². The lowest BCUT2D eigenvalue weighted by atomic mass is 9.87. The molecule has 4 heteroatoms. The van der Waals surface area contributed by atoms with Gasteiger partial charge < -0.3 is 15.5 Å². The number of phenolic OH excluding ortho intramolecular Hbond substituents is 2. The second-order valence-electron chi connectivity index (χ2n) is 4.21. The zero-order chi connectivity index (χ0) is 11.5. The van der Waals surface area contributed by atoms with E-state index in [4.69, 9.17) is 0 Å². The quantitative estimate of drug-likeness (QED) is 0.573. The molecule has 3 N–H and O–H groups in total. The van der Waals surface area contributed by atoms with Crippen molar-refractivity contribution in [3.05, 3.63) is 35.9 Å². The highest BCUT2D eigenvalue weighted by Gasteiger charge is 2.21. The van der Waals surface area contributed by atoms with Gasteiger partial charge in [-0.3, -0.25) is 0 Å². The first kappa shape index (κ1) is 13.9. The zero-order valence-corrected chi connectivity index (χ0v) is 10.5. The van der Waals surface area contributed by atoms with Crippen molar-refractivity contribution in [1.29, 1.82) is 0 Å². The molecule has 1 aromatic rings. The molecule has 0 fully saturated rings. The van der Waals surface area contributed by atoms with Crippen LogP contribution in [0.25, 0.3) is 0 Å². The predicted molar refractivity (Wildman–Crippen MR) is 71.0 cm³/mol. The Bertz CT molecular complexity index is 407. The summed E-state index contributed by atoms with van der Waals surface area (Å²) in [5.74, 6) is 0.0379. The van der Waals surface area contributed by atoms with Gasteiger partial charge in [0.15, 0.2) is 11.5 Å². The van der Waals surface area contributed by atoms with E-state index in [2.05, 4.69) is 11.9 Å². The van der Waals surface area contributed by atoms with Gasteiger partial charge in [0.25, 0.3) is 0 Å². The molecule has 1 aromatic carbocycles. The Morgan fingerprint density at radius 1 is 1.41 bits per heavy atom. The average Bonchev–Trinajstić information content (AvgIpc) is 2.31. The standard InChI is InChI=1S/C13H17NO2.ClH/c1-2-7-14-10-4-5-11-9(8-10)3-6-12(15)13(11)16;/h2-3,6,10,14-16H,1,4-5,7-8H2;1H. The van der Waals surface area contributed by atoms with Gasteiger partial charge in [-0.05, 0) is 30.9 Å². The number of fused-ring (bicyclic) bond motifs is 1. The van der Waals surface area contributed by atoms with E-state index < -0.39 is 0 Å². The van der Waals surface area contributed by atoms with Crippen molar-refractivity contribution in [2.45, 2.75) is 25.3 Å². The van der Waals surface area contributed by atoms with Crippen LogP contribution in [-0.4, -0.2) is 22.8 Å². The van der Waals surface area contributed by atoms with E-state index in [0.29, 0.717) is 6.04 Å². The number of nitrogens with one attached hydrogen (secondary N) is 1. The van der Waals surface area contributed by atoms with E-state index >= 15 is 0 Å². The van der Waals surface area contributed by atoms with Crippen LogP contribution in [0.15, 0.2) is 24.8 Å². The monoisotopic (exact) mass is 255 g/mol. The first-order chi connectivity index (χ1) is 7.72. The molecule has 94 valence electrons. The molecule has 0 aromatic heterocycles. The smallest absolute Gasteiger partial charge is 0.160 e. The number of rotatable bonds is 3. The maximum absolute atomic E-state index is 9.72. The molecule has 0 spiro atoms. The number of benzene rings is 1. The fourth-order valence-electron chi connectivity index (χ4n) is 2.25. The van der Waals surface area contributed by atoms with Crippen LogP contribution in [0.1, 0.15) is 17.5 Å². The summed E-state index contributed by atoms with van der Waals surface area (Å²) in [6, 6.07) is 3.89. The van der Waals surface area contributed by atoms with E-state index in [1.165, 1.54) is 0 Å². The van der Waals surface area contributed by atoms with Gasteiger partial charge in [0.05, 0.1) is 0 Å². The molecule has 0 bridgehead atoms. The lowest BCUT2D eigenvalue weighted by molar-refractivity contribution is 0.390. The van der Waals surface area contributed by atoms with Gasteiger partial charge >= 0.3 is 0 Å². The molecule has 0 amide bonds. The van der Waals surface area contributed by atoms with Crippen molar-refractivity contribution in [3.63, 3.8) is 0 Å². The highest BCUT2D eigenvalue weighted by atomic mass is 35.5. The minimum Gasteiger partial charge on any atom is -0.504 e. The third-order valence-electron chi connectivity index (χ3n) is 3.12. The highest BCUT2D eigenvalue weighted by Crippen LogP contribution is 2.35. The van der Waals surface area contributed by atoms with Crippen LogP contribution < -0.4 is 5.32 Å². The van der Waals surface area contributed by atoms with Gasteiger partial charge in [-0.15, -0.1) is 19.0 Å². The molecule has 0 saturated carbocycles. The van der Waals surface area contributed by atoms with Crippen molar-refractivity contribution in [2.24, 2.45) is 0 Å². The lowest BCUT2D eigenvalue weighted by Crippen LogP contribution is -2.34. The van der Waals surface area contributed by atoms with E-state index in [-0.39, 0.29) is 23.9 Å². The highest BCUT2D eigenvalue weighted by molar-refractivity contribution is 5.85. The maximum Gasteiger partial charge on any atom is 0.160 e. The molecule has 17 heavy (non-hydrogen) atoms. The van der Waals surface area contributed by atoms with Gasteiger partial charge in [0, 0.05) is 18.2 Å². The molecular weight excluding hydrogens is 238 g/mol. The molecule has 0 saturated heterocycles. The summed E-state index contributed by atoms with van der Waals surface area (Å²) in [6.07, 6.45) is 4.54. The Morgan fingerprint density at radius 2 is 2.18 bits per heavy atom. The number of hydrogen-bond acceptors (Lipinski definition) is 3. The third-order valence-corrected chi connectivity index (χ3v) is 3.12. The molecule has 1 unspecified atom stereocenters. The van der Waals surface area contributed by atoms with Crippen molar-refractivity contribution in [3.8, 4) is 11.5 Å². The van der Waals surface area contributed by atoms with Crippen LogP contribution in [0.2, 0.25) is 0 Å². The van der Waals surface area contributed by atoms with Gasteiger partial charge in [-0.2, -0.15) is 0 Å². The van der Waals surface area contributed by atoms with E-state index in [9.17, 15) is 10.2 Å². The Morgan fingerprint density at radius 3 is 2.88 bits per heavy atom. The Kier molecular flexibility index (Phi) is 4.85. The SMILES string of the molecule is C=CCNC1CCc2c(ccc(O)c2O)C1.Cl. The summed E-state index contributed by atoms with van der Waals surface area (Å²) in [7, 11) is 0. The summed E-state index contributed by atoms with van der Waals surface area (Å²) in [5, 5.41) is 22.5. The summed E-state index contributed by atoms with van der Waals surface area (Å²) in [4.78, 5) is 0. The van der Waals surface area contributed by atoms with Gasteiger partial charge in [0.1, 0.15) is 0 Å². The molecular formula is C13H18ClNO2. The molecule has 0 radical (unpaired) electrons. The average molecular weight is 256 g/mol. The van der Waals surface area contributed by atoms with E-state index in [1.54, 1.807) is 6.07 Å². The maximum atomic E-state index is 9.72. The van der Waals surface area contributed by atoms with Crippen LogP contribution in [-0.2, 0) is 12.8 Å². The number of hydrogen-bond donors (Lipinski definition) is 3. The van der Waals surface area contributed by atoms with Crippen molar-refractivity contribution in [1.82, 2.24) is 5.32 Å². The second kappa shape index (κ2) is 5.94. The van der Waals surface area contributed by atoms with Crippen LogP contribution in [0.3, 0.4) is 0 Å². The molecule has 1 aliphatic carbocycles. The van der Waals surface area contributed by atoms with Gasteiger partial charge in [-0.1, -0.05) is 12.1 Å². The van der Waals surface area contributed by atoms with Crippen molar-refractivity contribution < 1.29 is 10.2 Å². The number of aromatic hydroxyl groups is 2. The topological polar surface area (TPSA) is 52.5 Å². The molecule has 0 heterocycles. The summed E-state index contributed by atoms with van der Waals surface area (Å²) in [5.41, 5.74) is 2.03. The normalized spacial score (nSPS) is 18.0. The largest absolute Gasteiger partial charge is 0.504 e. The zero-order valence-electron chi connectivity index (χ0n) is 9.65. The third kappa shape index (κ3) is 2.93.